The van der Waals surface area contributed by atoms with Crippen molar-refractivity contribution in [2.45, 2.75) is 37.8 Å². The Morgan fingerprint density at radius 2 is 2.06 bits per heavy atom. The highest BCUT2D eigenvalue weighted by Gasteiger charge is 2.51. The first-order valence-electron chi connectivity index (χ1n) is 11.6. The van der Waals surface area contributed by atoms with Gasteiger partial charge in [0.1, 0.15) is 5.70 Å². The molecule has 4 aliphatic rings. The number of anilines is 1. The Morgan fingerprint density at radius 3 is 2.74 bits per heavy atom. The fraction of sp³-hybridized carbons (Fsp3) is 0.500. The smallest absolute Gasteiger partial charge is 0.391 e. The maximum atomic E-state index is 13.0. The summed E-state index contributed by atoms with van der Waals surface area (Å²) in [4.78, 5) is 30.5. The molecule has 3 saturated heterocycles. The number of carbonyl (C=O) groups is 2. The summed E-state index contributed by atoms with van der Waals surface area (Å²) in [6.07, 6.45) is -0.553. The van der Waals surface area contributed by atoms with Crippen molar-refractivity contribution >= 4 is 17.6 Å². The second kappa shape index (κ2) is 8.65. The second-order valence-electron chi connectivity index (χ2n) is 9.59. The highest BCUT2D eigenvalue weighted by atomic mass is 19.4. The van der Waals surface area contributed by atoms with Crippen molar-refractivity contribution in [2.75, 3.05) is 38.1 Å². The number of nitrogens with one attached hydrogen (secondary N) is 1. The largest absolute Gasteiger partial charge is 0.416 e. The van der Waals surface area contributed by atoms with E-state index >= 15 is 0 Å². The van der Waals surface area contributed by atoms with Crippen LogP contribution in [-0.2, 0) is 15.7 Å². The van der Waals surface area contributed by atoms with E-state index in [2.05, 4.69) is 16.8 Å². The molecule has 1 spiro atoms. The number of nitrogens with zero attached hydrogens (tertiary/aromatic N) is 3. The van der Waals surface area contributed by atoms with Gasteiger partial charge in [0, 0.05) is 24.5 Å². The van der Waals surface area contributed by atoms with Crippen molar-refractivity contribution in [2.24, 2.45) is 5.41 Å². The maximum absolute atomic E-state index is 13.0. The van der Waals surface area contributed by atoms with Crippen molar-refractivity contribution in [1.29, 1.82) is 0 Å². The van der Waals surface area contributed by atoms with E-state index < -0.39 is 29.9 Å². The lowest BCUT2D eigenvalue weighted by atomic mass is 9.90. The van der Waals surface area contributed by atoms with Gasteiger partial charge in [0.05, 0.1) is 24.8 Å². The molecule has 188 valence electrons. The lowest BCUT2D eigenvalue weighted by Gasteiger charge is -2.38. The molecule has 4 fully saturated rings. The molecule has 1 aromatic carbocycles. The number of aliphatic hydroxyl groups is 1. The van der Waals surface area contributed by atoms with Gasteiger partial charge >= 0.3 is 12.2 Å². The van der Waals surface area contributed by atoms with E-state index in [0.29, 0.717) is 18.8 Å². The molecule has 3 aliphatic heterocycles. The normalized spacial score (nSPS) is 27.5. The van der Waals surface area contributed by atoms with Gasteiger partial charge in [-0.25, -0.2) is 4.79 Å². The molecule has 11 heteroatoms. The van der Waals surface area contributed by atoms with Crippen LogP contribution in [0.2, 0.25) is 0 Å². The molecule has 2 N–H and O–H groups in total. The number of rotatable bonds is 3. The van der Waals surface area contributed by atoms with Gasteiger partial charge in [-0.05, 0) is 55.5 Å². The number of amides is 3. The van der Waals surface area contributed by atoms with E-state index in [1.54, 1.807) is 0 Å². The third-order valence-electron chi connectivity index (χ3n) is 7.38. The number of alkyl halides is 3. The standard InChI is InChI=1S/C24H27F3N4O4/c1-15-21(33)31-18(5-9-29-10-8-23(6-7-23)19(32)12-29)14-35-20(31)13-30(15)22(34)28-17-4-2-3-16(11-17)24(25,26)27/h2-5,11,19-20,32H,1,6-10,12-14H2,(H,28,34)/b18-5+/t19-,20?/m1/s1. The average molecular weight is 492 g/mol. The van der Waals surface area contributed by atoms with Crippen LogP contribution in [0.3, 0.4) is 0 Å². The summed E-state index contributed by atoms with van der Waals surface area (Å²) < 4.78 is 44.7. The predicted molar refractivity (Wildman–Crippen MR) is 120 cm³/mol. The quantitative estimate of drug-likeness (QED) is 0.634. The summed E-state index contributed by atoms with van der Waals surface area (Å²) >= 11 is 0. The minimum Gasteiger partial charge on any atom is -0.391 e. The summed E-state index contributed by atoms with van der Waals surface area (Å²) in [5, 5.41) is 12.8. The van der Waals surface area contributed by atoms with Gasteiger partial charge in [-0.1, -0.05) is 12.6 Å². The van der Waals surface area contributed by atoms with Crippen LogP contribution < -0.4 is 5.32 Å². The SMILES string of the molecule is C=C1C(=O)N2/C(=C/CN3CCC4(CC4)[C@H](O)C3)COC2CN1C(=O)Nc1cccc(C(F)(F)F)c1. The van der Waals surface area contributed by atoms with Crippen LogP contribution in [0, 0.1) is 5.41 Å². The predicted octanol–water partition coefficient (Wildman–Crippen LogP) is 2.98. The Bertz CT molecular complexity index is 1080. The van der Waals surface area contributed by atoms with Crippen LogP contribution in [-0.4, -0.2) is 76.9 Å². The first-order chi connectivity index (χ1) is 16.6. The number of urea groups is 1. The minimum absolute atomic E-state index is 0.00232. The van der Waals surface area contributed by atoms with Gasteiger partial charge in [0.15, 0.2) is 6.23 Å². The van der Waals surface area contributed by atoms with Gasteiger partial charge in [-0.3, -0.25) is 19.5 Å². The zero-order valence-electron chi connectivity index (χ0n) is 19.1. The number of benzene rings is 1. The zero-order valence-corrected chi connectivity index (χ0v) is 19.1. The lowest BCUT2D eigenvalue weighted by molar-refractivity contribution is -0.137. The number of aliphatic hydroxyl groups excluding tert-OH is 1. The Balaban J connectivity index is 1.22. The number of ether oxygens (including phenoxy) is 1. The number of halogens is 3. The first kappa shape index (κ1) is 23.8. The summed E-state index contributed by atoms with van der Waals surface area (Å²) in [6, 6.07) is 3.50. The van der Waals surface area contributed by atoms with E-state index in [0.717, 1.165) is 42.8 Å². The fourth-order valence-electron chi connectivity index (χ4n) is 4.98. The van der Waals surface area contributed by atoms with E-state index in [1.165, 1.54) is 17.0 Å². The Labute approximate surface area is 200 Å². The molecule has 35 heavy (non-hydrogen) atoms. The minimum atomic E-state index is -4.54. The summed E-state index contributed by atoms with van der Waals surface area (Å²) in [5.41, 5.74) is -0.245. The monoisotopic (exact) mass is 492 g/mol. The number of piperazine rings is 1. The van der Waals surface area contributed by atoms with Gasteiger partial charge in [-0.2, -0.15) is 13.2 Å². The number of carbonyl (C=O) groups excluding carboxylic acids is 2. The van der Waals surface area contributed by atoms with Gasteiger partial charge in [-0.15, -0.1) is 0 Å². The van der Waals surface area contributed by atoms with Gasteiger partial charge in [0.25, 0.3) is 5.91 Å². The highest BCUT2D eigenvalue weighted by molar-refractivity contribution is 6.02. The molecule has 2 atom stereocenters. The molecule has 1 saturated carbocycles. The first-order valence-corrected chi connectivity index (χ1v) is 11.6. The van der Waals surface area contributed by atoms with Crippen LogP contribution in [0.15, 0.2) is 48.3 Å². The zero-order chi connectivity index (χ0) is 25.0. The molecule has 1 unspecified atom stereocenters. The molecular weight excluding hydrogens is 465 g/mol. The average Bonchev–Trinajstić information content (AvgIpc) is 3.48. The van der Waals surface area contributed by atoms with Crippen LogP contribution in [0.1, 0.15) is 24.8 Å². The second-order valence-corrected chi connectivity index (χ2v) is 9.59. The molecule has 1 aliphatic carbocycles. The topological polar surface area (TPSA) is 85.4 Å². The van der Waals surface area contributed by atoms with E-state index in [-0.39, 0.29) is 36.1 Å². The highest BCUT2D eigenvalue weighted by Crippen LogP contribution is 2.53. The maximum Gasteiger partial charge on any atom is 0.416 e. The molecule has 1 aromatic rings. The summed E-state index contributed by atoms with van der Waals surface area (Å²) in [7, 11) is 0. The van der Waals surface area contributed by atoms with Crippen LogP contribution in [0.5, 0.6) is 0 Å². The molecule has 0 bridgehead atoms. The van der Waals surface area contributed by atoms with E-state index in [9.17, 15) is 27.9 Å². The van der Waals surface area contributed by atoms with Crippen molar-refractivity contribution in [1.82, 2.24) is 14.7 Å². The molecule has 3 amide bonds. The van der Waals surface area contributed by atoms with Crippen molar-refractivity contribution < 1.29 is 32.6 Å². The lowest BCUT2D eigenvalue weighted by Crippen LogP contribution is -2.54. The van der Waals surface area contributed by atoms with E-state index in [1.807, 2.05) is 6.08 Å². The molecular formula is C24H27F3N4O4. The number of β-amino-alcohol motifs (C(OH)–C–C–N with tert-alkyl or cyclic N) is 1. The van der Waals surface area contributed by atoms with Crippen molar-refractivity contribution in [3.63, 3.8) is 0 Å². The van der Waals surface area contributed by atoms with Crippen molar-refractivity contribution in [3.8, 4) is 0 Å². The molecule has 8 nitrogen and oxygen atoms in total. The van der Waals surface area contributed by atoms with Crippen LogP contribution >= 0.6 is 0 Å². The number of likely N-dealkylation sites (tertiary alicyclic amines) is 1. The van der Waals surface area contributed by atoms with Crippen LogP contribution in [0.25, 0.3) is 0 Å². The Kier molecular flexibility index (Phi) is 5.89. The third-order valence-corrected chi connectivity index (χ3v) is 7.38. The number of hydrogen-bond donors (Lipinski definition) is 2. The molecule has 5 rings (SSSR count). The number of piperidine rings is 1. The van der Waals surface area contributed by atoms with Gasteiger partial charge < -0.3 is 15.2 Å². The summed E-state index contributed by atoms with van der Waals surface area (Å²) in [5.74, 6) is -0.500. The van der Waals surface area contributed by atoms with E-state index in [4.69, 9.17) is 4.74 Å². The van der Waals surface area contributed by atoms with Crippen LogP contribution in [0.4, 0.5) is 23.7 Å². The van der Waals surface area contributed by atoms with Crippen molar-refractivity contribution in [3.05, 3.63) is 53.9 Å². The molecule has 0 radical (unpaired) electrons. The van der Waals surface area contributed by atoms with Gasteiger partial charge in [0.2, 0.25) is 0 Å². The summed E-state index contributed by atoms with van der Waals surface area (Å²) in [6.45, 7) is 5.97. The number of fused-ring (bicyclic) bond motifs is 1. The molecule has 0 aromatic heterocycles. The fourth-order valence-corrected chi connectivity index (χ4v) is 4.98. The Morgan fingerprint density at radius 1 is 1.29 bits per heavy atom. The molecule has 3 heterocycles. The Hall–Kier alpha value is -2.89. The third kappa shape index (κ3) is 4.55. The number of hydrogen-bond acceptors (Lipinski definition) is 5.